The molecule has 0 bridgehead atoms. The minimum Gasteiger partial charge on any atom is -0.336 e. The Morgan fingerprint density at radius 1 is 1.33 bits per heavy atom. The number of hydrogen-bond donors (Lipinski definition) is 3. The molecule has 2 rings (SSSR count). The van der Waals surface area contributed by atoms with Gasteiger partial charge in [0, 0.05) is 11.6 Å². The molecule has 0 saturated carbocycles. The normalized spacial score (nSPS) is 10.7. The van der Waals surface area contributed by atoms with Crippen LogP contribution in [0, 0.1) is 0 Å². The van der Waals surface area contributed by atoms with Crippen molar-refractivity contribution in [3.05, 3.63) is 29.3 Å². The molecule has 0 saturated heterocycles. The van der Waals surface area contributed by atoms with Gasteiger partial charge in [-0.2, -0.15) is 0 Å². The average molecular weight is 369 g/mol. The summed E-state index contributed by atoms with van der Waals surface area (Å²) < 4.78 is 1.26. The van der Waals surface area contributed by atoms with Gasteiger partial charge in [-0.15, -0.1) is 10.2 Å². The number of rotatable bonds is 5. The molecule has 24 heavy (non-hydrogen) atoms. The summed E-state index contributed by atoms with van der Waals surface area (Å²) in [6, 6.07) is 6.50. The molecule has 0 atom stereocenters. The first-order valence-electron chi connectivity index (χ1n) is 7.07. The summed E-state index contributed by atoms with van der Waals surface area (Å²) in [5.74, 6) is 5.87. The van der Waals surface area contributed by atoms with Gasteiger partial charge in [-0.1, -0.05) is 35.5 Å². The minimum absolute atomic E-state index is 0.0244. The van der Waals surface area contributed by atoms with Crippen LogP contribution in [-0.2, 0) is 4.79 Å². The van der Waals surface area contributed by atoms with Gasteiger partial charge in [0.05, 0.1) is 10.8 Å². The molecule has 0 aliphatic rings. The Kier molecular flexibility index (Phi) is 6.04. The summed E-state index contributed by atoms with van der Waals surface area (Å²) in [6.07, 6.45) is 0. The van der Waals surface area contributed by atoms with Gasteiger partial charge < -0.3 is 11.2 Å². The van der Waals surface area contributed by atoms with Crippen molar-refractivity contribution in [1.82, 2.24) is 25.5 Å². The molecular weight excluding hydrogens is 352 g/mol. The quantitative estimate of drug-likeness (QED) is 0.546. The molecule has 0 fully saturated rings. The third-order valence-corrected chi connectivity index (χ3v) is 4.06. The number of carbonyl (C=O) groups excluding carboxylic acids is 2. The van der Waals surface area contributed by atoms with Crippen molar-refractivity contribution < 1.29 is 9.59 Å². The smallest absolute Gasteiger partial charge is 0.321 e. The molecule has 10 heteroatoms. The Hall–Kier alpha value is -2.26. The lowest BCUT2D eigenvalue weighted by molar-refractivity contribution is -0.117. The van der Waals surface area contributed by atoms with E-state index in [4.69, 9.17) is 17.4 Å². The van der Waals surface area contributed by atoms with Crippen molar-refractivity contribution in [2.75, 3.05) is 11.6 Å². The standard InChI is InChI=1S/C14H17ClN6O2S/c1-8(2)17-13(23)18-11(22)7-24-14-20-19-12(21(14)16)9-5-3-4-6-10(9)15/h3-6,8H,7,16H2,1-2H3,(H2,17,18,22,23). The van der Waals surface area contributed by atoms with Gasteiger partial charge in [-0.05, 0) is 26.0 Å². The number of nitrogens with zero attached hydrogens (tertiary/aromatic N) is 3. The number of nitrogens with two attached hydrogens (primary N) is 1. The SMILES string of the molecule is CC(C)NC(=O)NC(=O)CSc1nnc(-c2ccccc2Cl)n1N. The van der Waals surface area contributed by atoms with Gasteiger partial charge in [-0.25, -0.2) is 9.47 Å². The predicted molar refractivity (Wildman–Crippen MR) is 93.2 cm³/mol. The van der Waals surface area contributed by atoms with Gasteiger partial charge in [0.15, 0.2) is 5.82 Å². The average Bonchev–Trinajstić information content (AvgIpc) is 2.85. The van der Waals surface area contributed by atoms with Crippen LogP contribution >= 0.6 is 23.4 Å². The highest BCUT2D eigenvalue weighted by Gasteiger charge is 2.16. The number of aromatic nitrogens is 3. The third-order valence-electron chi connectivity index (χ3n) is 2.78. The summed E-state index contributed by atoms with van der Waals surface area (Å²) in [5.41, 5.74) is 0.641. The number of halogens is 1. The van der Waals surface area contributed by atoms with Crippen molar-refractivity contribution in [2.24, 2.45) is 0 Å². The summed E-state index contributed by atoms with van der Waals surface area (Å²) in [5, 5.41) is 13.6. The van der Waals surface area contributed by atoms with E-state index in [9.17, 15) is 9.59 Å². The number of hydrogen-bond acceptors (Lipinski definition) is 6. The van der Waals surface area contributed by atoms with E-state index in [0.717, 1.165) is 11.8 Å². The van der Waals surface area contributed by atoms with Crippen LogP contribution in [0.2, 0.25) is 5.02 Å². The highest BCUT2D eigenvalue weighted by Crippen LogP contribution is 2.27. The number of urea groups is 1. The van der Waals surface area contributed by atoms with Crippen LogP contribution in [0.3, 0.4) is 0 Å². The second-order valence-electron chi connectivity index (χ2n) is 5.12. The number of carbonyl (C=O) groups is 2. The summed E-state index contributed by atoms with van der Waals surface area (Å²) in [7, 11) is 0. The molecule has 0 unspecified atom stereocenters. The molecule has 3 amide bonds. The zero-order valence-corrected chi connectivity index (χ0v) is 14.7. The second-order valence-corrected chi connectivity index (χ2v) is 6.47. The molecule has 0 spiro atoms. The molecule has 0 radical (unpaired) electrons. The van der Waals surface area contributed by atoms with Crippen LogP contribution in [0.4, 0.5) is 4.79 Å². The molecule has 1 aromatic carbocycles. The van der Waals surface area contributed by atoms with E-state index in [1.807, 2.05) is 6.07 Å². The Labute approximate surface area is 148 Å². The summed E-state index contributed by atoms with van der Waals surface area (Å²) in [6.45, 7) is 3.60. The predicted octanol–water partition coefficient (Wildman–Crippen LogP) is 1.64. The molecule has 1 heterocycles. The first kappa shape index (κ1) is 18.1. The van der Waals surface area contributed by atoms with Gasteiger partial charge in [0.1, 0.15) is 0 Å². The number of nitrogen functional groups attached to an aromatic ring is 1. The topological polar surface area (TPSA) is 115 Å². The lowest BCUT2D eigenvalue weighted by Crippen LogP contribution is -2.43. The van der Waals surface area contributed by atoms with Gasteiger partial charge >= 0.3 is 6.03 Å². The van der Waals surface area contributed by atoms with E-state index in [2.05, 4.69) is 20.8 Å². The third kappa shape index (κ3) is 4.62. The molecule has 2 aromatic rings. The van der Waals surface area contributed by atoms with Crippen LogP contribution in [0.25, 0.3) is 11.4 Å². The number of nitrogens with one attached hydrogen (secondary N) is 2. The molecular formula is C14H17ClN6O2S. The summed E-state index contributed by atoms with van der Waals surface area (Å²) >= 11 is 7.18. The number of amides is 3. The van der Waals surface area contributed by atoms with Crippen LogP contribution < -0.4 is 16.5 Å². The molecule has 128 valence electrons. The maximum absolute atomic E-state index is 11.7. The first-order valence-corrected chi connectivity index (χ1v) is 8.43. The second kappa shape index (κ2) is 8.02. The lowest BCUT2D eigenvalue weighted by Gasteiger charge is -2.09. The molecule has 4 N–H and O–H groups in total. The zero-order chi connectivity index (χ0) is 17.7. The van der Waals surface area contributed by atoms with E-state index in [1.54, 1.807) is 32.0 Å². The lowest BCUT2D eigenvalue weighted by atomic mass is 10.2. The van der Waals surface area contributed by atoms with E-state index in [1.165, 1.54) is 4.68 Å². The van der Waals surface area contributed by atoms with Crippen molar-refractivity contribution in [3.63, 3.8) is 0 Å². The fourth-order valence-corrected chi connectivity index (χ4v) is 2.67. The largest absolute Gasteiger partial charge is 0.336 e. The monoisotopic (exact) mass is 368 g/mol. The van der Waals surface area contributed by atoms with Crippen LogP contribution in [-0.4, -0.2) is 38.6 Å². The number of thioether (sulfide) groups is 1. The van der Waals surface area contributed by atoms with Crippen molar-refractivity contribution in [1.29, 1.82) is 0 Å². The van der Waals surface area contributed by atoms with Crippen LogP contribution in [0.5, 0.6) is 0 Å². The fraction of sp³-hybridized carbons (Fsp3) is 0.286. The Morgan fingerprint density at radius 3 is 2.71 bits per heavy atom. The number of imide groups is 1. The molecule has 0 aliphatic heterocycles. The molecule has 8 nitrogen and oxygen atoms in total. The van der Waals surface area contributed by atoms with Crippen molar-refractivity contribution in [3.8, 4) is 11.4 Å². The highest BCUT2D eigenvalue weighted by atomic mass is 35.5. The Balaban J connectivity index is 1.99. The van der Waals surface area contributed by atoms with E-state index in [0.29, 0.717) is 21.6 Å². The number of benzene rings is 1. The van der Waals surface area contributed by atoms with Crippen LogP contribution in [0.1, 0.15) is 13.8 Å². The fourth-order valence-electron chi connectivity index (χ4n) is 1.79. The first-order chi connectivity index (χ1) is 11.4. The van der Waals surface area contributed by atoms with Crippen molar-refractivity contribution >= 4 is 35.3 Å². The maximum atomic E-state index is 11.7. The van der Waals surface area contributed by atoms with Gasteiger partial charge in [0.25, 0.3) is 0 Å². The maximum Gasteiger partial charge on any atom is 0.321 e. The molecule has 1 aromatic heterocycles. The van der Waals surface area contributed by atoms with Crippen molar-refractivity contribution in [2.45, 2.75) is 25.0 Å². The van der Waals surface area contributed by atoms with E-state index < -0.39 is 11.9 Å². The molecule has 0 aliphatic carbocycles. The Morgan fingerprint density at radius 2 is 2.04 bits per heavy atom. The Bertz CT molecular complexity index is 749. The van der Waals surface area contributed by atoms with E-state index in [-0.39, 0.29) is 11.8 Å². The van der Waals surface area contributed by atoms with Gasteiger partial charge in [-0.3, -0.25) is 10.1 Å². The van der Waals surface area contributed by atoms with Gasteiger partial charge in [0.2, 0.25) is 11.1 Å². The minimum atomic E-state index is -0.540. The zero-order valence-electron chi connectivity index (χ0n) is 13.1. The highest BCUT2D eigenvalue weighted by molar-refractivity contribution is 7.99. The summed E-state index contributed by atoms with van der Waals surface area (Å²) in [4.78, 5) is 23.2. The van der Waals surface area contributed by atoms with E-state index >= 15 is 0 Å². The van der Waals surface area contributed by atoms with Crippen LogP contribution in [0.15, 0.2) is 29.4 Å².